The van der Waals surface area contributed by atoms with Crippen LogP contribution in [-0.2, 0) is 14.3 Å². The van der Waals surface area contributed by atoms with Crippen LogP contribution in [0.2, 0.25) is 0 Å². The van der Waals surface area contributed by atoms with Crippen LogP contribution in [-0.4, -0.2) is 25.3 Å². The van der Waals surface area contributed by atoms with Gasteiger partial charge in [-0.2, -0.15) is 5.26 Å². The van der Waals surface area contributed by atoms with Gasteiger partial charge in [0, 0.05) is 17.6 Å². The Bertz CT molecular complexity index is 621. The highest BCUT2D eigenvalue weighted by molar-refractivity contribution is 5.89. The topological polar surface area (TPSA) is 62.6 Å². The molecule has 2 rings (SSSR count). The number of carbonyl (C=O) groups is 1. The lowest BCUT2D eigenvalue weighted by molar-refractivity contribution is -0.139. The highest BCUT2D eigenvalue weighted by atomic mass is 16.6. The summed E-state index contributed by atoms with van der Waals surface area (Å²) in [5.41, 5.74) is 1.30. The second-order valence-electron chi connectivity index (χ2n) is 4.86. The Hall–Kier alpha value is -2.64. The normalized spacial score (nSPS) is 18.0. The van der Waals surface area contributed by atoms with Gasteiger partial charge < -0.3 is 9.47 Å². The molecule has 4 nitrogen and oxygen atoms in total. The predicted molar refractivity (Wildman–Crippen MR) is 83.6 cm³/mol. The van der Waals surface area contributed by atoms with Gasteiger partial charge in [0.1, 0.15) is 12.7 Å². The summed E-state index contributed by atoms with van der Waals surface area (Å²) in [4.78, 5) is 12.0. The highest BCUT2D eigenvalue weighted by Crippen LogP contribution is 2.18. The Labute approximate surface area is 130 Å². The van der Waals surface area contributed by atoms with Crippen molar-refractivity contribution >= 4 is 12.0 Å². The number of esters is 1. The van der Waals surface area contributed by atoms with Crippen LogP contribution in [0.15, 0.2) is 60.7 Å². The Morgan fingerprint density at radius 3 is 2.82 bits per heavy atom. The summed E-state index contributed by atoms with van der Waals surface area (Å²) >= 11 is 0. The largest absolute Gasteiger partial charge is 0.459 e. The van der Waals surface area contributed by atoms with Crippen molar-refractivity contribution in [3.63, 3.8) is 0 Å². The molecule has 0 saturated carbocycles. The van der Waals surface area contributed by atoms with Crippen molar-refractivity contribution in [3.05, 3.63) is 66.3 Å². The van der Waals surface area contributed by atoms with E-state index in [2.05, 4.69) is 6.58 Å². The van der Waals surface area contributed by atoms with Gasteiger partial charge in [-0.15, -0.1) is 0 Å². The Morgan fingerprint density at radius 2 is 2.18 bits per heavy atom. The van der Waals surface area contributed by atoms with Crippen LogP contribution in [0.1, 0.15) is 5.56 Å². The summed E-state index contributed by atoms with van der Waals surface area (Å²) < 4.78 is 10.1. The van der Waals surface area contributed by atoms with E-state index in [1.807, 2.05) is 48.6 Å². The number of allylic oxidation sites excluding steroid dienone is 3. The molecule has 1 heterocycles. The van der Waals surface area contributed by atoms with Crippen molar-refractivity contribution in [1.82, 2.24) is 0 Å². The van der Waals surface area contributed by atoms with Gasteiger partial charge in [-0.05, 0) is 5.56 Å². The molecule has 0 aromatic heterocycles. The third kappa shape index (κ3) is 5.04. The summed E-state index contributed by atoms with van der Waals surface area (Å²) in [6.45, 7) is 4.67. The molecule has 1 aromatic carbocycles. The first-order valence-corrected chi connectivity index (χ1v) is 6.97. The highest BCUT2D eigenvalue weighted by Gasteiger charge is 2.25. The van der Waals surface area contributed by atoms with Crippen LogP contribution < -0.4 is 0 Å². The zero-order chi connectivity index (χ0) is 15.8. The third-order valence-electron chi connectivity index (χ3n) is 3.14. The monoisotopic (exact) mass is 295 g/mol. The van der Waals surface area contributed by atoms with Gasteiger partial charge in [0.25, 0.3) is 0 Å². The van der Waals surface area contributed by atoms with Crippen LogP contribution in [0.3, 0.4) is 0 Å². The van der Waals surface area contributed by atoms with E-state index in [4.69, 9.17) is 14.7 Å². The van der Waals surface area contributed by atoms with E-state index >= 15 is 0 Å². The maximum Gasteiger partial charge on any atom is 0.334 e. The Morgan fingerprint density at radius 1 is 1.45 bits per heavy atom. The summed E-state index contributed by atoms with van der Waals surface area (Å²) in [7, 11) is 0. The van der Waals surface area contributed by atoms with Crippen LogP contribution in [0.4, 0.5) is 0 Å². The minimum atomic E-state index is -0.471. The zero-order valence-electron chi connectivity index (χ0n) is 12.1. The Kier molecular flexibility index (Phi) is 5.70. The van der Waals surface area contributed by atoms with Gasteiger partial charge in [0.2, 0.25) is 0 Å². The molecule has 22 heavy (non-hydrogen) atoms. The summed E-state index contributed by atoms with van der Waals surface area (Å²) in [6, 6.07) is 11.6. The van der Waals surface area contributed by atoms with Crippen molar-refractivity contribution in [3.8, 4) is 6.07 Å². The maximum absolute atomic E-state index is 12.0. The number of ether oxygens (including phenoxy) is 2. The van der Waals surface area contributed by atoms with Crippen LogP contribution in [0.25, 0.3) is 6.08 Å². The second kappa shape index (κ2) is 7.96. The summed E-state index contributed by atoms with van der Waals surface area (Å²) in [5.74, 6) is -0.853. The first-order valence-electron chi connectivity index (χ1n) is 6.97. The standard InChI is InChI=1S/C18H17NO3/c1-14(18(20)22-13-17-12-21-17)16(8-5-11-19)10-9-15-6-3-2-4-7-15/h2-10,16-17H,1,12-13H2. The van der Waals surface area contributed by atoms with Crippen molar-refractivity contribution < 1.29 is 14.3 Å². The molecule has 0 spiro atoms. The number of nitrogens with zero attached hydrogens (tertiary/aromatic N) is 1. The molecule has 112 valence electrons. The first-order chi connectivity index (χ1) is 10.7. The van der Waals surface area contributed by atoms with Gasteiger partial charge in [0.15, 0.2) is 0 Å². The molecule has 2 unspecified atom stereocenters. The van der Waals surface area contributed by atoms with Gasteiger partial charge in [-0.3, -0.25) is 0 Å². The molecule has 0 aliphatic carbocycles. The van der Waals surface area contributed by atoms with Gasteiger partial charge in [-0.25, -0.2) is 4.79 Å². The summed E-state index contributed by atoms with van der Waals surface area (Å²) in [6.07, 6.45) is 6.68. The predicted octanol–water partition coefficient (Wildman–Crippen LogP) is 2.89. The van der Waals surface area contributed by atoms with E-state index in [0.29, 0.717) is 12.2 Å². The average Bonchev–Trinajstić information content (AvgIpc) is 3.37. The number of rotatable bonds is 7. The van der Waals surface area contributed by atoms with Crippen molar-refractivity contribution in [2.75, 3.05) is 13.2 Å². The van der Waals surface area contributed by atoms with Crippen LogP contribution in [0, 0.1) is 17.2 Å². The van der Waals surface area contributed by atoms with E-state index in [0.717, 1.165) is 5.56 Å². The van der Waals surface area contributed by atoms with E-state index in [-0.39, 0.29) is 18.6 Å². The van der Waals surface area contributed by atoms with E-state index in [1.54, 1.807) is 6.08 Å². The number of hydrogen-bond acceptors (Lipinski definition) is 4. The third-order valence-corrected chi connectivity index (χ3v) is 3.14. The molecule has 1 aliphatic rings. The van der Waals surface area contributed by atoms with Crippen LogP contribution in [0.5, 0.6) is 0 Å². The SMILES string of the molecule is C=C(C(=O)OCC1CO1)C(C=CC#N)C=Cc1ccccc1. The number of benzene rings is 1. The lowest BCUT2D eigenvalue weighted by Gasteiger charge is -2.11. The Balaban J connectivity index is 2.02. The van der Waals surface area contributed by atoms with E-state index in [1.165, 1.54) is 6.08 Å². The van der Waals surface area contributed by atoms with Crippen molar-refractivity contribution in [2.45, 2.75) is 6.10 Å². The van der Waals surface area contributed by atoms with Crippen molar-refractivity contribution in [1.29, 1.82) is 5.26 Å². The molecule has 1 fully saturated rings. The quantitative estimate of drug-likeness (QED) is 0.336. The second-order valence-corrected chi connectivity index (χ2v) is 4.86. The molecular weight excluding hydrogens is 278 g/mol. The fourth-order valence-electron chi connectivity index (χ4n) is 1.78. The zero-order valence-corrected chi connectivity index (χ0v) is 12.1. The van der Waals surface area contributed by atoms with Crippen LogP contribution >= 0.6 is 0 Å². The fraction of sp³-hybridized carbons (Fsp3) is 0.222. The minimum Gasteiger partial charge on any atom is -0.459 e. The van der Waals surface area contributed by atoms with E-state index < -0.39 is 5.97 Å². The molecule has 2 atom stereocenters. The molecule has 0 radical (unpaired) electrons. The maximum atomic E-state index is 12.0. The van der Waals surface area contributed by atoms with Crippen molar-refractivity contribution in [2.24, 2.45) is 5.92 Å². The smallest absolute Gasteiger partial charge is 0.334 e. The first kappa shape index (κ1) is 15.7. The lowest BCUT2D eigenvalue weighted by atomic mass is 9.98. The molecule has 4 heteroatoms. The fourth-order valence-corrected chi connectivity index (χ4v) is 1.78. The molecule has 1 aliphatic heterocycles. The number of nitriles is 1. The number of carbonyl (C=O) groups excluding carboxylic acids is 1. The van der Waals surface area contributed by atoms with Gasteiger partial charge in [0.05, 0.1) is 12.7 Å². The van der Waals surface area contributed by atoms with Gasteiger partial charge in [-0.1, -0.05) is 55.1 Å². The summed E-state index contributed by atoms with van der Waals surface area (Å²) in [5, 5.41) is 8.68. The molecule has 0 bridgehead atoms. The lowest BCUT2D eigenvalue weighted by Crippen LogP contribution is -2.15. The average molecular weight is 295 g/mol. The molecule has 1 saturated heterocycles. The van der Waals surface area contributed by atoms with Gasteiger partial charge >= 0.3 is 5.97 Å². The molecule has 0 amide bonds. The molecular formula is C18H17NO3. The number of epoxide rings is 1. The van der Waals surface area contributed by atoms with E-state index in [9.17, 15) is 4.79 Å². The number of hydrogen-bond donors (Lipinski definition) is 0. The molecule has 0 N–H and O–H groups in total. The molecule has 1 aromatic rings. The minimum absolute atomic E-state index is 0.0183.